The SMILES string of the molecule is NC(c1ccccc1)c1ncc(-c2cccc(Cl)c2Cl)[nH]1. The highest BCUT2D eigenvalue weighted by Crippen LogP contribution is 2.33. The minimum absolute atomic E-state index is 0.307. The summed E-state index contributed by atoms with van der Waals surface area (Å²) in [5, 5.41) is 1.01. The van der Waals surface area contributed by atoms with Gasteiger partial charge in [-0.15, -0.1) is 0 Å². The van der Waals surface area contributed by atoms with Crippen molar-refractivity contribution in [2.24, 2.45) is 5.73 Å². The molecule has 3 N–H and O–H groups in total. The van der Waals surface area contributed by atoms with Gasteiger partial charge in [-0.05, 0) is 11.6 Å². The van der Waals surface area contributed by atoms with Gasteiger partial charge in [0.25, 0.3) is 0 Å². The zero-order valence-electron chi connectivity index (χ0n) is 11.1. The van der Waals surface area contributed by atoms with E-state index in [1.807, 2.05) is 42.5 Å². The molecule has 0 amide bonds. The van der Waals surface area contributed by atoms with E-state index in [9.17, 15) is 0 Å². The molecule has 1 atom stereocenters. The van der Waals surface area contributed by atoms with Crippen LogP contribution in [-0.4, -0.2) is 9.97 Å². The zero-order valence-corrected chi connectivity index (χ0v) is 12.6. The van der Waals surface area contributed by atoms with E-state index in [2.05, 4.69) is 9.97 Å². The Morgan fingerprint density at radius 3 is 2.52 bits per heavy atom. The number of hydrogen-bond acceptors (Lipinski definition) is 2. The molecule has 3 nitrogen and oxygen atoms in total. The molecule has 0 aliphatic heterocycles. The maximum atomic E-state index is 6.22. The van der Waals surface area contributed by atoms with Crippen molar-refractivity contribution >= 4 is 23.2 Å². The predicted molar refractivity (Wildman–Crippen MR) is 86.5 cm³/mol. The molecule has 106 valence electrons. The molecule has 1 aromatic heterocycles. The summed E-state index contributed by atoms with van der Waals surface area (Å²) in [5.41, 5.74) is 8.82. The highest BCUT2D eigenvalue weighted by molar-refractivity contribution is 6.43. The van der Waals surface area contributed by atoms with Crippen LogP contribution in [0.2, 0.25) is 10.0 Å². The number of aromatic amines is 1. The second-order valence-corrected chi connectivity index (χ2v) is 5.46. The number of rotatable bonds is 3. The molecule has 3 rings (SSSR count). The Balaban J connectivity index is 1.95. The highest BCUT2D eigenvalue weighted by Gasteiger charge is 2.14. The summed E-state index contributed by atoms with van der Waals surface area (Å²) in [7, 11) is 0. The first kappa shape index (κ1) is 14.1. The second-order valence-electron chi connectivity index (χ2n) is 4.67. The Morgan fingerprint density at radius 1 is 1.00 bits per heavy atom. The van der Waals surface area contributed by atoms with Gasteiger partial charge in [0.05, 0.1) is 28.0 Å². The minimum Gasteiger partial charge on any atom is -0.340 e. The van der Waals surface area contributed by atoms with Gasteiger partial charge >= 0.3 is 0 Å². The standard InChI is InChI=1S/C16H13Cl2N3/c17-12-8-4-7-11(14(12)18)13-9-20-16(21-13)15(19)10-5-2-1-3-6-10/h1-9,15H,19H2,(H,20,21). The van der Waals surface area contributed by atoms with Crippen LogP contribution < -0.4 is 5.73 Å². The lowest BCUT2D eigenvalue weighted by Crippen LogP contribution is -2.13. The number of aromatic nitrogens is 2. The Hall–Kier alpha value is -1.81. The lowest BCUT2D eigenvalue weighted by Gasteiger charge is -2.09. The molecular weight excluding hydrogens is 305 g/mol. The highest BCUT2D eigenvalue weighted by atomic mass is 35.5. The van der Waals surface area contributed by atoms with Gasteiger partial charge in [0.15, 0.2) is 0 Å². The van der Waals surface area contributed by atoms with Crippen molar-refractivity contribution < 1.29 is 0 Å². The van der Waals surface area contributed by atoms with Gasteiger partial charge in [0.1, 0.15) is 5.82 Å². The summed E-state index contributed by atoms with van der Waals surface area (Å²) >= 11 is 12.3. The molecule has 21 heavy (non-hydrogen) atoms. The number of nitrogens with one attached hydrogen (secondary N) is 1. The summed E-state index contributed by atoms with van der Waals surface area (Å²) in [6.45, 7) is 0. The topological polar surface area (TPSA) is 54.7 Å². The van der Waals surface area contributed by atoms with E-state index >= 15 is 0 Å². The number of nitrogens with zero attached hydrogens (tertiary/aromatic N) is 1. The van der Waals surface area contributed by atoms with Crippen LogP contribution in [0.5, 0.6) is 0 Å². The summed E-state index contributed by atoms with van der Waals surface area (Å²) in [5.74, 6) is 0.687. The average molecular weight is 318 g/mol. The van der Waals surface area contributed by atoms with Crippen molar-refractivity contribution in [1.29, 1.82) is 0 Å². The first-order valence-electron chi connectivity index (χ1n) is 6.46. The smallest absolute Gasteiger partial charge is 0.128 e. The molecular formula is C16H13Cl2N3. The molecule has 0 saturated carbocycles. The van der Waals surface area contributed by atoms with E-state index in [4.69, 9.17) is 28.9 Å². The van der Waals surface area contributed by atoms with Crippen LogP contribution in [0, 0.1) is 0 Å². The Labute approximate surface area is 132 Å². The predicted octanol–water partition coefficient (Wildman–Crippen LogP) is 4.43. The molecule has 0 aliphatic carbocycles. The van der Waals surface area contributed by atoms with Gasteiger partial charge in [-0.2, -0.15) is 0 Å². The molecule has 3 aromatic rings. The van der Waals surface area contributed by atoms with Crippen LogP contribution in [0.3, 0.4) is 0 Å². The molecule has 0 bridgehead atoms. The fraction of sp³-hybridized carbons (Fsp3) is 0.0625. The van der Waals surface area contributed by atoms with Crippen LogP contribution in [0.1, 0.15) is 17.4 Å². The molecule has 0 radical (unpaired) electrons. The van der Waals surface area contributed by atoms with Crippen LogP contribution in [0.4, 0.5) is 0 Å². The Morgan fingerprint density at radius 2 is 1.76 bits per heavy atom. The number of imidazole rings is 1. The fourth-order valence-corrected chi connectivity index (χ4v) is 2.56. The molecule has 0 saturated heterocycles. The van der Waals surface area contributed by atoms with Crippen LogP contribution in [0.15, 0.2) is 54.7 Å². The first-order valence-corrected chi connectivity index (χ1v) is 7.22. The number of halogens is 2. The number of hydrogen-bond donors (Lipinski definition) is 2. The Kier molecular flexibility index (Phi) is 3.97. The normalized spacial score (nSPS) is 12.3. The van der Waals surface area contributed by atoms with E-state index < -0.39 is 0 Å². The van der Waals surface area contributed by atoms with Gasteiger partial charge < -0.3 is 10.7 Å². The van der Waals surface area contributed by atoms with Gasteiger partial charge in [0.2, 0.25) is 0 Å². The third-order valence-electron chi connectivity index (χ3n) is 3.29. The van der Waals surface area contributed by atoms with Crippen LogP contribution in [0.25, 0.3) is 11.3 Å². The van der Waals surface area contributed by atoms with Crippen molar-refractivity contribution in [2.45, 2.75) is 6.04 Å². The second kappa shape index (κ2) is 5.90. The van der Waals surface area contributed by atoms with Crippen LogP contribution >= 0.6 is 23.2 Å². The minimum atomic E-state index is -0.307. The maximum absolute atomic E-state index is 6.22. The van der Waals surface area contributed by atoms with Gasteiger partial charge in [-0.25, -0.2) is 4.98 Å². The number of nitrogens with two attached hydrogens (primary N) is 1. The molecule has 1 heterocycles. The summed E-state index contributed by atoms with van der Waals surface area (Å²) in [4.78, 5) is 7.57. The molecule has 1 unspecified atom stereocenters. The molecule has 0 spiro atoms. The van der Waals surface area contributed by atoms with E-state index in [0.29, 0.717) is 15.9 Å². The van der Waals surface area contributed by atoms with E-state index in [1.165, 1.54) is 0 Å². The van der Waals surface area contributed by atoms with E-state index in [1.54, 1.807) is 12.3 Å². The van der Waals surface area contributed by atoms with E-state index in [-0.39, 0.29) is 6.04 Å². The third kappa shape index (κ3) is 2.81. The van der Waals surface area contributed by atoms with Gasteiger partial charge in [-0.1, -0.05) is 65.7 Å². The van der Waals surface area contributed by atoms with Crippen molar-refractivity contribution in [3.63, 3.8) is 0 Å². The third-order valence-corrected chi connectivity index (χ3v) is 4.11. The number of benzene rings is 2. The Bertz CT molecular complexity index is 753. The lowest BCUT2D eigenvalue weighted by molar-refractivity contribution is 0.801. The van der Waals surface area contributed by atoms with E-state index in [0.717, 1.165) is 16.8 Å². The van der Waals surface area contributed by atoms with Crippen molar-refractivity contribution in [3.8, 4) is 11.3 Å². The monoisotopic (exact) mass is 317 g/mol. The average Bonchev–Trinajstić information content (AvgIpc) is 3.00. The van der Waals surface area contributed by atoms with Gasteiger partial charge in [0, 0.05) is 5.56 Å². The zero-order chi connectivity index (χ0) is 14.8. The summed E-state index contributed by atoms with van der Waals surface area (Å²) in [6.07, 6.45) is 1.72. The van der Waals surface area contributed by atoms with Crippen LogP contribution in [-0.2, 0) is 0 Å². The van der Waals surface area contributed by atoms with Crippen molar-refractivity contribution in [1.82, 2.24) is 9.97 Å². The summed E-state index contributed by atoms with van der Waals surface area (Å²) < 4.78 is 0. The van der Waals surface area contributed by atoms with Crippen molar-refractivity contribution in [3.05, 3.63) is 76.2 Å². The molecule has 5 heteroatoms. The largest absolute Gasteiger partial charge is 0.340 e. The number of H-pyrrole nitrogens is 1. The molecule has 2 aromatic carbocycles. The molecule has 0 aliphatic rings. The van der Waals surface area contributed by atoms with Crippen molar-refractivity contribution in [2.75, 3.05) is 0 Å². The quantitative estimate of drug-likeness (QED) is 0.750. The first-order chi connectivity index (χ1) is 10.2. The van der Waals surface area contributed by atoms with Gasteiger partial charge in [-0.3, -0.25) is 0 Å². The maximum Gasteiger partial charge on any atom is 0.128 e. The lowest BCUT2D eigenvalue weighted by atomic mass is 10.1. The molecule has 0 fully saturated rings. The summed E-state index contributed by atoms with van der Waals surface area (Å²) in [6, 6.07) is 15.0. The fourth-order valence-electron chi connectivity index (χ4n) is 2.16.